The summed E-state index contributed by atoms with van der Waals surface area (Å²) in [6.07, 6.45) is 0.193. The van der Waals surface area contributed by atoms with Gasteiger partial charge in [0.15, 0.2) is 6.10 Å². The first-order valence-corrected chi connectivity index (χ1v) is 11.2. The Bertz CT molecular complexity index is 864. The summed E-state index contributed by atoms with van der Waals surface area (Å²) < 4.78 is 31.5. The SMILES string of the molecule is CCC#CC#CCC(=O)OCC(COP(=O)(O)OCCC)OC(=O)CC#CC#CCC. The van der Waals surface area contributed by atoms with Crippen LogP contribution in [-0.4, -0.2) is 42.8 Å². The number of carbonyl (C=O) groups excluding carboxylic acids is 2. The van der Waals surface area contributed by atoms with E-state index >= 15 is 0 Å². The van der Waals surface area contributed by atoms with Gasteiger partial charge in [0, 0.05) is 12.8 Å². The van der Waals surface area contributed by atoms with Gasteiger partial charge >= 0.3 is 19.8 Å². The van der Waals surface area contributed by atoms with Crippen molar-refractivity contribution in [3.05, 3.63) is 0 Å². The maximum Gasteiger partial charge on any atom is 0.472 e. The van der Waals surface area contributed by atoms with Crippen LogP contribution in [0.5, 0.6) is 0 Å². The fraction of sp³-hybridized carbons (Fsp3) is 0.545. The van der Waals surface area contributed by atoms with E-state index < -0.39 is 39.1 Å². The van der Waals surface area contributed by atoms with Gasteiger partial charge in [-0.15, -0.1) is 0 Å². The number of phosphoric acid groups is 1. The molecule has 0 bridgehead atoms. The highest BCUT2D eigenvalue weighted by molar-refractivity contribution is 7.47. The van der Waals surface area contributed by atoms with E-state index in [0.29, 0.717) is 19.3 Å². The average Bonchev–Trinajstić information content (AvgIpc) is 2.74. The summed E-state index contributed by atoms with van der Waals surface area (Å²) in [7, 11) is -4.33. The van der Waals surface area contributed by atoms with Gasteiger partial charge in [0.2, 0.25) is 0 Å². The molecular formula is C22H27O8P. The van der Waals surface area contributed by atoms with Crippen molar-refractivity contribution >= 4 is 19.8 Å². The second kappa shape index (κ2) is 18.1. The maximum atomic E-state index is 11.9. The van der Waals surface area contributed by atoms with Crippen molar-refractivity contribution in [1.29, 1.82) is 0 Å². The minimum Gasteiger partial charge on any atom is -0.461 e. The number of carbonyl (C=O) groups is 2. The third-order valence-corrected chi connectivity index (χ3v) is 3.89. The predicted molar refractivity (Wildman–Crippen MR) is 114 cm³/mol. The molecule has 2 atom stereocenters. The molecule has 0 aromatic rings. The monoisotopic (exact) mass is 450 g/mol. The van der Waals surface area contributed by atoms with Crippen LogP contribution < -0.4 is 0 Å². The highest BCUT2D eigenvalue weighted by Crippen LogP contribution is 2.43. The summed E-state index contributed by atoms with van der Waals surface area (Å²) in [5, 5.41) is 0. The zero-order valence-corrected chi connectivity index (χ0v) is 18.9. The number of rotatable bonds is 11. The highest BCUT2D eigenvalue weighted by Gasteiger charge is 2.25. The van der Waals surface area contributed by atoms with Crippen molar-refractivity contribution in [3.63, 3.8) is 0 Å². The van der Waals surface area contributed by atoms with Crippen LogP contribution in [0.4, 0.5) is 0 Å². The van der Waals surface area contributed by atoms with Crippen molar-refractivity contribution in [3.8, 4) is 47.4 Å². The fourth-order valence-corrected chi connectivity index (χ4v) is 2.43. The maximum absolute atomic E-state index is 11.9. The summed E-state index contributed by atoms with van der Waals surface area (Å²) in [5.74, 6) is 19.3. The van der Waals surface area contributed by atoms with Gasteiger partial charge in [0.25, 0.3) is 0 Å². The molecule has 31 heavy (non-hydrogen) atoms. The highest BCUT2D eigenvalue weighted by atomic mass is 31.2. The number of esters is 2. The molecule has 8 nitrogen and oxygen atoms in total. The van der Waals surface area contributed by atoms with Gasteiger partial charge in [-0.1, -0.05) is 44.5 Å². The average molecular weight is 450 g/mol. The van der Waals surface area contributed by atoms with Gasteiger partial charge in [-0.25, -0.2) is 4.57 Å². The molecule has 0 fully saturated rings. The number of ether oxygens (including phenoxy) is 2. The smallest absolute Gasteiger partial charge is 0.461 e. The molecule has 0 amide bonds. The first-order chi connectivity index (χ1) is 14.8. The van der Waals surface area contributed by atoms with Gasteiger partial charge in [-0.2, -0.15) is 0 Å². The molecule has 0 spiro atoms. The molecular weight excluding hydrogens is 423 g/mol. The lowest BCUT2D eigenvalue weighted by Gasteiger charge is -2.19. The zero-order valence-electron chi connectivity index (χ0n) is 18.0. The second-order valence-electron chi connectivity index (χ2n) is 5.66. The van der Waals surface area contributed by atoms with Crippen LogP contribution in [-0.2, 0) is 32.7 Å². The fourth-order valence-electron chi connectivity index (χ4n) is 1.59. The predicted octanol–water partition coefficient (Wildman–Crippen LogP) is 2.60. The van der Waals surface area contributed by atoms with Crippen LogP contribution in [0.15, 0.2) is 0 Å². The molecule has 9 heteroatoms. The van der Waals surface area contributed by atoms with Gasteiger partial charge in [-0.05, 0) is 30.1 Å². The van der Waals surface area contributed by atoms with E-state index in [0.717, 1.165) is 0 Å². The number of phosphoric ester groups is 1. The zero-order chi connectivity index (χ0) is 23.4. The van der Waals surface area contributed by atoms with E-state index in [2.05, 4.69) is 47.4 Å². The topological polar surface area (TPSA) is 108 Å². The van der Waals surface area contributed by atoms with Crippen LogP contribution in [0.25, 0.3) is 0 Å². The van der Waals surface area contributed by atoms with Crippen molar-refractivity contribution in [2.45, 2.75) is 59.0 Å². The van der Waals surface area contributed by atoms with E-state index in [4.69, 9.17) is 18.5 Å². The van der Waals surface area contributed by atoms with E-state index in [1.54, 1.807) is 6.92 Å². The molecule has 0 rings (SSSR count). The quantitative estimate of drug-likeness (QED) is 0.291. The third kappa shape index (κ3) is 17.8. The molecule has 1 N–H and O–H groups in total. The van der Waals surface area contributed by atoms with Gasteiger partial charge in [-0.3, -0.25) is 18.6 Å². The van der Waals surface area contributed by atoms with Gasteiger partial charge < -0.3 is 14.4 Å². The molecule has 0 aliphatic heterocycles. The summed E-state index contributed by atoms with van der Waals surface area (Å²) in [5.41, 5.74) is 0. The van der Waals surface area contributed by atoms with E-state index in [1.807, 2.05) is 13.8 Å². The number of hydrogen-bond acceptors (Lipinski definition) is 7. The van der Waals surface area contributed by atoms with E-state index in [9.17, 15) is 19.0 Å². The summed E-state index contributed by atoms with van der Waals surface area (Å²) in [6, 6.07) is 0. The molecule has 0 aromatic heterocycles. The van der Waals surface area contributed by atoms with Crippen LogP contribution in [0.1, 0.15) is 52.9 Å². The molecule has 0 saturated carbocycles. The molecule has 0 heterocycles. The van der Waals surface area contributed by atoms with Crippen molar-refractivity contribution in [1.82, 2.24) is 0 Å². The van der Waals surface area contributed by atoms with E-state index in [1.165, 1.54) is 0 Å². The Hall–Kier alpha value is -2.71. The summed E-state index contributed by atoms with van der Waals surface area (Å²) in [6.45, 7) is 4.59. The van der Waals surface area contributed by atoms with Crippen LogP contribution >= 0.6 is 7.82 Å². The molecule has 0 radical (unpaired) electrons. The summed E-state index contributed by atoms with van der Waals surface area (Å²) in [4.78, 5) is 33.3. The number of hydrogen-bond donors (Lipinski definition) is 1. The Morgan fingerprint density at radius 3 is 1.94 bits per heavy atom. The molecule has 0 aromatic carbocycles. The van der Waals surface area contributed by atoms with Crippen molar-refractivity contribution in [2.75, 3.05) is 19.8 Å². The third-order valence-electron chi connectivity index (χ3n) is 2.91. The van der Waals surface area contributed by atoms with E-state index in [-0.39, 0.29) is 19.4 Å². The summed E-state index contributed by atoms with van der Waals surface area (Å²) >= 11 is 0. The largest absolute Gasteiger partial charge is 0.472 e. The molecule has 0 aliphatic carbocycles. The van der Waals surface area contributed by atoms with Crippen molar-refractivity contribution < 1.29 is 37.6 Å². The molecule has 168 valence electrons. The Balaban J connectivity index is 4.85. The van der Waals surface area contributed by atoms with Crippen LogP contribution in [0, 0.1) is 47.4 Å². The molecule has 0 saturated heterocycles. The van der Waals surface area contributed by atoms with Gasteiger partial charge in [0.1, 0.15) is 19.4 Å². The van der Waals surface area contributed by atoms with Crippen molar-refractivity contribution in [2.24, 2.45) is 0 Å². The standard InChI is InChI=1S/C22H27O8P/c1-4-7-9-11-13-15-21(23)27-18-20(19-29-31(25,26)28-17-6-3)30-22(24)16-14-12-10-8-5-2/h20H,4-6,15-19H2,1-3H3,(H,25,26). The Kier molecular flexibility index (Phi) is 16.5. The lowest BCUT2D eigenvalue weighted by molar-refractivity contribution is -0.159. The Morgan fingerprint density at radius 1 is 0.839 bits per heavy atom. The van der Waals surface area contributed by atoms with Crippen LogP contribution in [0.3, 0.4) is 0 Å². The second-order valence-corrected chi connectivity index (χ2v) is 7.11. The van der Waals surface area contributed by atoms with Gasteiger partial charge in [0.05, 0.1) is 13.2 Å². The Labute approximate surface area is 184 Å². The minimum atomic E-state index is -4.33. The molecule has 2 unspecified atom stereocenters. The normalized spacial score (nSPS) is 12.0. The lowest BCUT2D eigenvalue weighted by Crippen LogP contribution is -2.29. The first kappa shape index (κ1) is 28.3. The Morgan fingerprint density at radius 2 is 1.39 bits per heavy atom. The lowest BCUT2D eigenvalue weighted by atomic mass is 10.3. The first-order valence-electron chi connectivity index (χ1n) is 9.73. The minimum absolute atomic E-state index is 0.0151. The van der Waals surface area contributed by atoms with Crippen LogP contribution in [0.2, 0.25) is 0 Å². The molecule has 0 aliphatic rings.